The number of nitrogens with one attached hydrogen (secondary N) is 2. The van der Waals surface area contributed by atoms with Gasteiger partial charge in [0, 0.05) is 29.4 Å². The Hall–Kier alpha value is -3.84. The molecule has 0 aliphatic heterocycles. The van der Waals surface area contributed by atoms with Crippen molar-refractivity contribution < 1.29 is 14.4 Å². The van der Waals surface area contributed by atoms with Gasteiger partial charge in [-0.05, 0) is 23.8 Å². The van der Waals surface area contributed by atoms with Crippen molar-refractivity contribution >= 4 is 34.9 Å². The lowest BCUT2D eigenvalue weighted by Crippen LogP contribution is -2.28. The van der Waals surface area contributed by atoms with Gasteiger partial charge in [0.25, 0.3) is 5.91 Å². The van der Waals surface area contributed by atoms with E-state index in [9.17, 15) is 14.4 Å². The molecule has 2 N–H and O–H groups in total. The zero-order chi connectivity index (χ0) is 21.1. The Kier molecular flexibility index (Phi) is 5.36. The first kappa shape index (κ1) is 19.5. The molecule has 3 aromatic rings. The number of carbonyl (C=O) groups excluding carboxylic acids is 3. The first-order valence-electron chi connectivity index (χ1n) is 9.03. The van der Waals surface area contributed by atoms with Gasteiger partial charge in [-0.2, -0.15) is 0 Å². The molecule has 0 spiro atoms. The molecule has 0 bridgehead atoms. The molecule has 148 valence electrons. The van der Waals surface area contributed by atoms with Crippen molar-refractivity contribution in [1.82, 2.24) is 15.3 Å². The van der Waals surface area contributed by atoms with Crippen molar-refractivity contribution in [2.45, 2.75) is 6.54 Å². The van der Waals surface area contributed by atoms with E-state index in [2.05, 4.69) is 20.6 Å². The summed E-state index contributed by atoms with van der Waals surface area (Å²) in [6.07, 6.45) is 2.88. The molecule has 0 saturated heterocycles. The zero-order valence-electron chi connectivity index (χ0n) is 15.6. The van der Waals surface area contributed by atoms with Gasteiger partial charge in [0.2, 0.25) is 11.6 Å². The molecule has 4 rings (SSSR count). The van der Waals surface area contributed by atoms with Crippen molar-refractivity contribution in [2.24, 2.45) is 0 Å². The largest absolute Gasteiger partial charge is 0.376 e. The first-order chi connectivity index (χ1) is 14.5. The number of carbonyl (C=O) groups is 3. The zero-order valence-corrected chi connectivity index (χ0v) is 16.3. The SMILES string of the molecule is O=C(Nc1ccncn1)c1ccc(CNC2=C(Cl)C(=O)c3ccccc3C2=O)cc1. The van der Waals surface area contributed by atoms with Crippen molar-refractivity contribution in [3.63, 3.8) is 0 Å². The molecule has 1 aromatic heterocycles. The topological polar surface area (TPSA) is 101 Å². The number of aromatic nitrogens is 2. The van der Waals surface area contributed by atoms with Crippen molar-refractivity contribution in [3.8, 4) is 0 Å². The molecular weight excluding hydrogens is 404 g/mol. The number of allylic oxidation sites excluding steroid dienone is 2. The quantitative estimate of drug-likeness (QED) is 0.659. The number of benzene rings is 2. The van der Waals surface area contributed by atoms with Crippen LogP contribution < -0.4 is 10.6 Å². The summed E-state index contributed by atoms with van der Waals surface area (Å²) in [5.41, 5.74) is 1.96. The number of nitrogens with zero attached hydrogens (tertiary/aromatic N) is 2. The van der Waals surface area contributed by atoms with Gasteiger partial charge in [-0.3, -0.25) is 14.4 Å². The van der Waals surface area contributed by atoms with E-state index >= 15 is 0 Å². The fourth-order valence-corrected chi connectivity index (χ4v) is 3.28. The number of ketones is 2. The summed E-state index contributed by atoms with van der Waals surface area (Å²) in [6.45, 7) is 0.264. The van der Waals surface area contributed by atoms with Crippen molar-refractivity contribution in [3.05, 3.63) is 100 Å². The predicted molar refractivity (Wildman–Crippen MR) is 111 cm³/mol. The minimum atomic E-state index is -0.383. The van der Waals surface area contributed by atoms with Crippen LogP contribution in [-0.4, -0.2) is 27.4 Å². The van der Waals surface area contributed by atoms with Gasteiger partial charge in [-0.25, -0.2) is 9.97 Å². The van der Waals surface area contributed by atoms with Crippen LogP contribution in [0, 0.1) is 0 Å². The highest BCUT2D eigenvalue weighted by atomic mass is 35.5. The van der Waals surface area contributed by atoms with Gasteiger partial charge in [0.1, 0.15) is 22.9 Å². The van der Waals surface area contributed by atoms with Crippen LogP contribution in [-0.2, 0) is 6.54 Å². The molecule has 0 fully saturated rings. The summed E-state index contributed by atoms with van der Waals surface area (Å²) in [4.78, 5) is 45.1. The number of Topliss-reactive ketones (excluding diaryl/α,β-unsaturated/α-hetero) is 2. The summed E-state index contributed by atoms with van der Waals surface area (Å²) in [7, 11) is 0. The van der Waals surface area contributed by atoms with Gasteiger partial charge in [-0.1, -0.05) is 48.0 Å². The van der Waals surface area contributed by atoms with E-state index in [0.717, 1.165) is 5.56 Å². The lowest BCUT2D eigenvalue weighted by molar-refractivity contribution is 0.0974. The third kappa shape index (κ3) is 3.83. The summed E-state index contributed by atoms with van der Waals surface area (Å²) >= 11 is 6.15. The number of amides is 1. The minimum absolute atomic E-state index is 0.0750. The predicted octanol–water partition coefficient (Wildman–Crippen LogP) is 3.35. The molecule has 1 aliphatic carbocycles. The Balaban J connectivity index is 1.44. The lowest BCUT2D eigenvalue weighted by Gasteiger charge is -2.19. The third-order valence-electron chi connectivity index (χ3n) is 4.57. The maximum Gasteiger partial charge on any atom is 0.256 e. The molecular formula is C22H15ClN4O3. The Bertz CT molecular complexity index is 1170. The van der Waals surface area contributed by atoms with Gasteiger partial charge in [0.15, 0.2) is 0 Å². The monoisotopic (exact) mass is 418 g/mol. The van der Waals surface area contributed by atoms with Crippen LogP contribution >= 0.6 is 11.6 Å². The highest BCUT2D eigenvalue weighted by Crippen LogP contribution is 2.27. The fourth-order valence-electron chi connectivity index (χ4n) is 3.02. The van der Waals surface area contributed by atoms with E-state index in [-0.39, 0.29) is 34.7 Å². The normalized spacial score (nSPS) is 13.1. The average molecular weight is 419 g/mol. The Morgan fingerprint density at radius 1 is 0.933 bits per heavy atom. The molecule has 0 saturated carbocycles. The number of hydrogen-bond donors (Lipinski definition) is 2. The van der Waals surface area contributed by atoms with Crippen LogP contribution in [0.2, 0.25) is 0 Å². The van der Waals surface area contributed by atoms with Crippen LogP contribution in [0.15, 0.2) is 77.9 Å². The Morgan fingerprint density at radius 2 is 1.63 bits per heavy atom. The highest BCUT2D eigenvalue weighted by Gasteiger charge is 2.30. The van der Waals surface area contributed by atoms with Crippen molar-refractivity contribution in [1.29, 1.82) is 0 Å². The van der Waals surface area contributed by atoms with E-state index in [1.807, 2.05) is 0 Å². The second-order valence-electron chi connectivity index (χ2n) is 6.49. The standard InChI is InChI=1S/C22H15ClN4O3/c23-18-19(21(29)16-4-2-1-3-15(16)20(18)28)25-11-13-5-7-14(8-6-13)22(30)27-17-9-10-24-12-26-17/h1-10,12,25H,11H2,(H,24,26,27,30). The number of rotatable bonds is 5. The summed E-state index contributed by atoms with van der Waals surface area (Å²) in [5.74, 6) is -0.603. The number of halogens is 1. The van der Waals surface area contributed by atoms with Gasteiger partial charge in [-0.15, -0.1) is 0 Å². The molecule has 0 radical (unpaired) electrons. The summed E-state index contributed by atoms with van der Waals surface area (Å²) < 4.78 is 0. The molecule has 30 heavy (non-hydrogen) atoms. The second-order valence-corrected chi connectivity index (χ2v) is 6.87. The van der Waals surface area contributed by atoms with Crippen LogP contribution in [0.5, 0.6) is 0 Å². The molecule has 7 nitrogen and oxygen atoms in total. The number of hydrogen-bond acceptors (Lipinski definition) is 6. The van der Waals surface area contributed by atoms with E-state index in [1.165, 1.54) is 12.5 Å². The minimum Gasteiger partial charge on any atom is -0.376 e. The summed E-state index contributed by atoms with van der Waals surface area (Å²) in [6, 6.07) is 15.0. The number of anilines is 1. The van der Waals surface area contributed by atoms with Crippen LogP contribution in [0.4, 0.5) is 5.82 Å². The van der Waals surface area contributed by atoms with E-state index in [4.69, 9.17) is 11.6 Å². The van der Waals surface area contributed by atoms with Crippen LogP contribution in [0.1, 0.15) is 36.6 Å². The summed E-state index contributed by atoms with van der Waals surface area (Å²) in [5, 5.41) is 5.51. The molecule has 1 amide bonds. The molecule has 2 aromatic carbocycles. The fraction of sp³-hybridized carbons (Fsp3) is 0.0455. The van der Waals surface area contributed by atoms with Crippen LogP contribution in [0.3, 0.4) is 0 Å². The number of fused-ring (bicyclic) bond motifs is 1. The maximum absolute atomic E-state index is 12.7. The van der Waals surface area contributed by atoms with Gasteiger partial charge >= 0.3 is 0 Å². The lowest BCUT2D eigenvalue weighted by atomic mass is 9.92. The van der Waals surface area contributed by atoms with E-state index in [1.54, 1.807) is 54.6 Å². The third-order valence-corrected chi connectivity index (χ3v) is 4.93. The van der Waals surface area contributed by atoms with Gasteiger partial charge in [0.05, 0.1) is 0 Å². The molecule has 1 aliphatic rings. The van der Waals surface area contributed by atoms with E-state index in [0.29, 0.717) is 22.5 Å². The Labute approximate surface area is 176 Å². The van der Waals surface area contributed by atoms with Crippen molar-refractivity contribution in [2.75, 3.05) is 5.32 Å². The second kappa shape index (κ2) is 8.26. The highest BCUT2D eigenvalue weighted by molar-refractivity contribution is 6.49. The molecule has 0 atom stereocenters. The van der Waals surface area contributed by atoms with Gasteiger partial charge < -0.3 is 10.6 Å². The smallest absolute Gasteiger partial charge is 0.256 e. The van der Waals surface area contributed by atoms with E-state index < -0.39 is 0 Å². The average Bonchev–Trinajstić information content (AvgIpc) is 2.78. The maximum atomic E-state index is 12.7. The first-order valence-corrected chi connectivity index (χ1v) is 9.41. The molecule has 0 unspecified atom stereocenters. The van der Waals surface area contributed by atoms with Crippen LogP contribution in [0.25, 0.3) is 0 Å². The molecule has 1 heterocycles. The molecule has 8 heteroatoms. The Morgan fingerprint density at radius 3 is 2.30 bits per heavy atom.